The number of nitrogens with one attached hydrogen (secondary N) is 5. The van der Waals surface area contributed by atoms with E-state index < -0.39 is 213 Å². The Morgan fingerprint density at radius 3 is 0.933 bits per heavy atom. The molecule has 0 unspecified atom stereocenters. The summed E-state index contributed by atoms with van der Waals surface area (Å²) in [6.07, 6.45) is 21.2. The molecular weight excluding hydrogens is 1660 g/mol. The normalized spacial score (nSPS) is 27.5. The van der Waals surface area contributed by atoms with E-state index in [1.54, 1.807) is 13.0 Å². The van der Waals surface area contributed by atoms with E-state index in [4.69, 9.17) is 23.7 Å². The average Bonchev–Trinajstić information content (AvgIpc) is 1.64. The highest BCUT2D eigenvalue weighted by Crippen LogP contribution is 2.45. The zero-order chi connectivity index (χ0) is 90.3. The van der Waals surface area contributed by atoms with E-state index in [1.807, 2.05) is 13.8 Å². The van der Waals surface area contributed by atoms with Crippen LogP contribution in [-0.2, 0) is 56.3 Å². The van der Waals surface area contributed by atoms with E-state index in [2.05, 4.69) is 136 Å². The Bertz CT molecular complexity index is 5080. The molecule has 40 heteroatoms. The van der Waals surface area contributed by atoms with Crippen molar-refractivity contribution in [2.45, 2.75) is 227 Å². The second-order valence-corrected chi connectivity index (χ2v) is 56.3. The Kier molecular flexibility index (Phi) is 37.7. The SMILES string of the molecule is C=CCCn1cc([C@@H]2O[C@H](CCP(=C)(C)C)[C@@H](O)[C@H]2O)c(=O)[nH]c1=O.C=CCn1cc([C@@H]2O[C@H](CCP(=C)(C)C)[C@@H](O)[C@H]2O)c(=O)[nH]c1=O.C=P(C)(C)CC[C@H]1O[C@@H](c2cn(CC)c(=O)[nH]c2=O)[C@H](O)[C@@H]1O.C=P(C)(C)CC[C@H]1O[C@@H](c2cn(CCC)c(=O)[nH]c2=O)[C@H](O)[C@@H]1O.C=P(C)(C)CC[C@H]1O[C@@H](n2cc(CCC)c(=O)[nH]c2=O)[C@H](O)[C@@H]1O. The summed E-state index contributed by atoms with van der Waals surface area (Å²) in [4.78, 5) is 130. The van der Waals surface area contributed by atoms with Crippen LogP contribution < -0.4 is 56.2 Å². The minimum atomic E-state index is -1.29. The minimum Gasteiger partial charge on any atom is -0.388 e. The van der Waals surface area contributed by atoms with Crippen molar-refractivity contribution in [2.75, 3.05) is 97.5 Å². The van der Waals surface area contributed by atoms with Crippen molar-refractivity contribution in [3.8, 4) is 0 Å². The van der Waals surface area contributed by atoms with Crippen molar-refractivity contribution in [2.24, 2.45) is 0 Å². The lowest BCUT2D eigenvalue weighted by molar-refractivity contribution is -0.0404. The lowest BCUT2D eigenvalue weighted by Gasteiger charge is -2.19. The van der Waals surface area contributed by atoms with Crippen LogP contribution in [0.1, 0.15) is 131 Å². The molecule has 5 aromatic rings. The molecule has 10 rings (SSSR count). The van der Waals surface area contributed by atoms with Gasteiger partial charge < -0.3 is 83.9 Å². The third-order valence-electron chi connectivity index (χ3n) is 20.8. The van der Waals surface area contributed by atoms with Crippen molar-refractivity contribution < 1.29 is 74.7 Å². The van der Waals surface area contributed by atoms with Crippen LogP contribution in [-0.4, -0.2) is 319 Å². The van der Waals surface area contributed by atoms with Crippen LogP contribution in [0, 0.1) is 0 Å². The van der Waals surface area contributed by atoms with Crippen LogP contribution in [0.15, 0.2) is 104 Å². The van der Waals surface area contributed by atoms with Gasteiger partial charge in [0.1, 0.15) is 85.5 Å². The first-order valence-electron chi connectivity index (χ1n) is 40.0. The number of aliphatic hydroxyl groups excluding tert-OH is 10. The van der Waals surface area contributed by atoms with Gasteiger partial charge in [0.15, 0.2) is 6.23 Å². The molecule has 5 saturated heterocycles. The number of rotatable bonds is 30. The standard InChI is InChI=1S/C17H27N2O5P.C16H27N2O5P.C16H25N2O5P.C16H27N2O5P.C15H25N2O5P/c1-5-6-8-19-10-11(16(22)18-17(19)23)15-14(21)13(20)12(24-15)7-9-25(2,3)4;2*1-5-7-18-9-10(15(21)17-16(18)22)14-13(20)12(19)11(23-14)6-8-24(2,3)4;1-5-6-10-9-18(16(22)17-14(10)21)15-13(20)12(19)11(23-15)7-8-24(2,3)4;1-5-17-8-9(14(20)16-15(17)21)13-12(19)11(18)10(22-13)6-7-23(2,3)4/h5,10,12-15,20-21H,1-2,6-9H2,3-4H3,(H,18,22,23);9,11-14,19-20H,2,5-8H2,1,3-4H3,(H,17,21,22);5,9,11-14,19-20H,1-2,6-8H2,3-4H3,(H,17,21,22);9,11-13,15,19-20H,2,5-8H2,1,3-4H3,(H,17,21,22);8,10-13,18-19H,2,5-7H2,1,3-4H3,(H,16,20,21)/t12-,13-,14-,15+;2*11-,12-,13-,14+;11-,12-,13-,15-;10-,11-,12-,13+/m11111/s1. The molecule has 35 nitrogen and oxygen atoms in total. The van der Waals surface area contributed by atoms with E-state index in [9.17, 15) is 99.0 Å². The number of nitrogens with zero attached hydrogens (tertiary/aromatic N) is 5. The largest absolute Gasteiger partial charge is 0.388 e. The highest BCUT2D eigenvalue weighted by molar-refractivity contribution is 7.73. The van der Waals surface area contributed by atoms with Crippen LogP contribution in [0.4, 0.5) is 0 Å². The summed E-state index contributed by atoms with van der Waals surface area (Å²) in [5.41, 5.74) is -4.53. The number of aromatic amines is 5. The number of ether oxygens (including phenoxy) is 5. The molecular formula is C80H131N10O25P5. The number of aliphatic hydroxyl groups is 10. The van der Waals surface area contributed by atoms with Gasteiger partial charge in [-0.3, -0.25) is 62.6 Å². The number of allylic oxidation sites excluding steroid dienone is 2. The van der Waals surface area contributed by atoms with Gasteiger partial charge in [0, 0.05) is 62.7 Å². The fraction of sp³-hybridized carbons (Fsp3) is 0.637. The zero-order valence-electron chi connectivity index (χ0n) is 71.3. The van der Waals surface area contributed by atoms with E-state index in [-0.39, 0.29) is 28.8 Å². The second kappa shape index (κ2) is 44.1. The summed E-state index contributed by atoms with van der Waals surface area (Å²) in [7, 11) is 0. The van der Waals surface area contributed by atoms with Gasteiger partial charge in [-0.15, -0.1) is 79.1 Å². The van der Waals surface area contributed by atoms with E-state index in [0.717, 1.165) is 43.7 Å². The van der Waals surface area contributed by atoms with Crippen molar-refractivity contribution in [3.05, 3.63) is 188 Å². The molecule has 0 radical (unpaired) electrons. The van der Waals surface area contributed by atoms with Gasteiger partial charge in [-0.2, -0.15) is 0 Å². The summed E-state index contributed by atoms with van der Waals surface area (Å²) in [5.74, 6) is 0. The molecule has 20 atom stereocenters. The summed E-state index contributed by atoms with van der Waals surface area (Å²) in [6.45, 7) is 28.7. The van der Waals surface area contributed by atoms with E-state index in [1.165, 1.54) is 59.9 Å². The quantitative estimate of drug-likeness (QED) is 0.0221. The Hall–Kier alpha value is -6.22. The molecule has 0 aliphatic carbocycles. The average molecular weight is 1790 g/mol. The highest BCUT2D eigenvalue weighted by Gasteiger charge is 2.49. The summed E-state index contributed by atoms with van der Waals surface area (Å²) >= 11 is 0. The van der Waals surface area contributed by atoms with Crippen LogP contribution in [0.25, 0.3) is 0 Å². The molecule has 0 amide bonds. The number of hydrogen-bond acceptors (Lipinski definition) is 25. The molecule has 5 fully saturated rings. The van der Waals surface area contributed by atoms with Crippen molar-refractivity contribution in [1.82, 2.24) is 47.8 Å². The molecule has 15 N–H and O–H groups in total. The fourth-order valence-electron chi connectivity index (χ4n) is 14.0. The highest BCUT2D eigenvalue weighted by atomic mass is 31.2. The van der Waals surface area contributed by atoms with Gasteiger partial charge >= 0.3 is 28.4 Å². The Morgan fingerprint density at radius 2 is 0.633 bits per heavy atom. The lowest BCUT2D eigenvalue weighted by atomic mass is 10.0. The Morgan fingerprint density at radius 1 is 0.350 bits per heavy atom. The molecule has 10 heterocycles. The number of hydrogen-bond donors (Lipinski definition) is 15. The second-order valence-electron chi connectivity index (χ2n) is 34.7. The molecule has 5 aliphatic heterocycles. The molecule has 0 saturated carbocycles. The number of aryl methyl sites for hydroxylation is 4. The van der Waals surface area contributed by atoms with Gasteiger partial charge in [0.05, 0.1) is 52.8 Å². The van der Waals surface area contributed by atoms with Crippen LogP contribution >= 0.6 is 34.4 Å². The summed E-state index contributed by atoms with van der Waals surface area (Å²) in [5, 5.41) is 103. The third-order valence-corrected chi connectivity index (χ3v) is 28.1. The van der Waals surface area contributed by atoms with Gasteiger partial charge in [0.2, 0.25) is 0 Å². The van der Waals surface area contributed by atoms with Crippen molar-refractivity contribution in [3.63, 3.8) is 0 Å². The maximum Gasteiger partial charge on any atom is 0.330 e. The smallest absolute Gasteiger partial charge is 0.330 e. The third kappa shape index (κ3) is 28.7. The monoisotopic (exact) mass is 1790 g/mol. The molecule has 5 aliphatic rings. The predicted molar refractivity (Wildman–Crippen MR) is 483 cm³/mol. The van der Waals surface area contributed by atoms with Crippen molar-refractivity contribution in [1.29, 1.82) is 0 Å². The Labute approximate surface area is 697 Å². The maximum absolute atomic E-state index is 12.2. The van der Waals surface area contributed by atoms with Gasteiger partial charge in [-0.05, 0) is 156 Å². The van der Waals surface area contributed by atoms with Crippen LogP contribution in [0.2, 0.25) is 0 Å². The topological polar surface area (TPSA) is 523 Å². The first kappa shape index (κ1) is 103. The van der Waals surface area contributed by atoms with Crippen LogP contribution in [0.5, 0.6) is 0 Å². The molecule has 5 aromatic heterocycles. The maximum atomic E-state index is 12.2. The van der Waals surface area contributed by atoms with E-state index in [0.29, 0.717) is 70.1 Å². The van der Waals surface area contributed by atoms with Gasteiger partial charge in [-0.1, -0.05) is 32.4 Å². The first-order chi connectivity index (χ1) is 55.7. The van der Waals surface area contributed by atoms with Crippen LogP contribution in [0.3, 0.4) is 0 Å². The fourth-order valence-corrected chi connectivity index (χ4v) is 18.7. The first-order valence-corrected chi connectivity index (χ1v) is 55.3. The molecule has 120 heavy (non-hydrogen) atoms. The zero-order valence-corrected chi connectivity index (χ0v) is 75.8. The molecule has 0 bridgehead atoms. The summed E-state index contributed by atoms with van der Waals surface area (Å²) in [6, 6.07) is 0. The molecule has 0 spiro atoms. The minimum absolute atomic E-state index is 0.120. The van der Waals surface area contributed by atoms with Crippen molar-refractivity contribution >= 4 is 65.9 Å². The predicted octanol–water partition coefficient (Wildman–Crippen LogP) is 0.590. The lowest BCUT2D eigenvalue weighted by Crippen LogP contribution is -2.38. The van der Waals surface area contributed by atoms with Gasteiger partial charge in [-0.25, -0.2) is 24.0 Å². The number of aromatic nitrogens is 10. The number of H-pyrrole nitrogens is 5. The summed E-state index contributed by atoms with van der Waals surface area (Å²) < 4.78 is 35.3. The Balaban J connectivity index is 0.000000233. The van der Waals surface area contributed by atoms with E-state index >= 15 is 0 Å². The molecule has 0 aromatic carbocycles. The van der Waals surface area contributed by atoms with Gasteiger partial charge in [0.25, 0.3) is 27.8 Å². The molecule has 676 valence electrons.